The summed E-state index contributed by atoms with van der Waals surface area (Å²) < 4.78 is 0. The number of para-hydroxylation sites is 1. The van der Waals surface area contributed by atoms with Crippen molar-refractivity contribution < 1.29 is 0 Å². The highest BCUT2D eigenvalue weighted by atomic mass is 15.1. The van der Waals surface area contributed by atoms with Gasteiger partial charge >= 0.3 is 0 Å². The topological polar surface area (TPSA) is 3.24 Å². The smallest absolute Gasteiger partial charge is 0.0461 e. The molecule has 0 heterocycles. The molecule has 0 N–H and O–H groups in total. The second kappa shape index (κ2) is 8.45. The second-order valence-electron chi connectivity index (χ2n) is 9.65. The molecule has 0 aliphatic rings. The van der Waals surface area contributed by atoms with Gasteiger partial charge in [-0.2, -0.15) is 0 Å². The SMILES string of the molecule is CCCC(C)(C)c1ccc(N(c2ccccc2)c2ccc(C(C)(C)C)cc2)cc1. The van der Waals surface area contributed by atoms with E-state index < -0.39 is 0 Å². The van der Waals surface area contributed by atoms with E-state index in [0.717, 1.165) is 0 Å². The Labute approximate surface area is 177 Å². The Morgan fingerprint density at radius 2 is 1.03 bits per heavy atom. The lowest BCUT2D eigenvalue weighted by atomic mass is 9.81. The molecule has 0 aliphatic heterocycles. The molecule has 3 aromatic rings. The molecule has 0 aliphatic carbocycles. The van der Waals surface area contributed by atoms with Gasteiger partial charge in [-0.1, -0.05) is 90.4 Å². The van der Waals surface area contributed by atoms with E-state index in [1.807, 2.05) is 0 Å². The van der Waals surface area contributed by atoms with E-state index in [-0.39, 0.29) is 10.8 Å². The van der Waals surface area contributed by atoms with Gasteiger partial charge in [0.2, 0.25) is 0 Å². The van der Waals surface area contributed by atoms with Crippen molar-refractivity contribution >= 4 is 17.1 Å². The van der Waals surface area contributed by atoms with Gasteiger partial charge in [-0.05, 0) is 64.8 Å². The number of rotatable bonds is 6. The molecule has 0 bridgehead atoms. The van der Waals surface area contributed by atoms with Crippen molar-refractivity contribution in [3.8, 4) is 0 Å². The largest absolute Gasteiger partial charge is 0.311 e. The Hall–Kier alpha value is -2.54. The number of hydrogen-bond donors (Lipinski definition) is 0. The predicted molar refractivity (Wildman–Crippen MR) is 128 cm³/mol. The molecule has 0 aromatic heterocycles. The third-order valence-corrected chi connectivity index (χ3v) is 5.79. The van der Waals surface area contributed by atoms with E-state index in [9.17, 15) is 0 Å². The molecular weight excluding hydrogens is 350 g/mol. The first-order valence-electron chi connectivity index (χ1n) is 10.8. The molecule has 0 saturated carbocycles. The zero-order chi connectivity index (χ0) is 21.1. The first-order chi connectivity index (χ1) is 13.7. The zero-order valence-corrected chi connectivity index (χ0v) is 18.9. The van der Waals surface area contributed by atoms with Crippen LogP contribution < -0.4 is 4.90 Å². The third kappa shape index (κ3) is 4.90. The first-order valence-corrected chi connectivity index (χ1v) is 10.8. The summed E-state index contributed by atoms with van der Waals surface area (Å²) in [6.07, 6.45) is 2.40. The summed E-state index contributed by atoms with van der Waals surface area (Å²) in [7, 11) is 0. The van der Waals surface area contributed by atoms with Crippen LogP contribution in [0.1, 0.15) is 65.5 Å². The van der Waals surface area contributed by atoms with Crippen molar-refractivity contribution in [3.05, 3.63) is 90.0 Å². The van der Waals surface area contributed by atoms with E-state index in [0.29, 0.717) is 0 Å². The Morgan fingerprint density at radius 1 is 0.586 bits per heavy atom. The molecule has 0 saturated heterocycles. The fraction of sp³-hybridized carbons (Fsp3) is 0.357. The molecule has 0 unspecified atom stereocenters. The molecule has 0 amide bonds. The van der Waals surface area contributed by atoms with Gasteiger partial charge in [0.1, 0.15) is 0 Å². The van der Waals surface area contributed by atoms with Crippen molar-refractivity contribution in [3.63, 3.8) is 0 Å². The summed E-state index contributed by atoms with van der Waals surface area (Å²) in [5, 5.41) is 0. The summed E-state index contributed by atoms with van der Waals surface area (Å²) in [4.78, 5) is 2.34. The van der Waals surface area contributed by atoms with Crippen LogP contribution in [0, 0.1) is 0 Å². The van der Waals surface area contributed by atoms with Crippen LogP contribution in [-0.4, -0.2) is 0 Å². The Bertz CT molecular complexity index is 897. The summed E-state index contributed by atoms with van der Waals surface area (Å²) in [5.74, 6) is 0. The summed E-state index contributed by atoms with van der Waals surface area (Å²) in [6.45, 7) is 13.7. The maximum Gasteiger partial charge on any atom is 0.0461 e. The highest BCUT2D eigenvalue weighted by molar-refractivity contribution is 5.76. The lowest BCUT2D eigenvalue weighted by molar-refractivity contribution is 0.473. The standard InChI is InChI=1S/C28H35N/c1-7-21-28(5,6)23-15-19-26(20-16-23)29(24-11-9-8-10-12-24)25-17-13-22(14-18-25)27(2,3)4/h8-20H,7,21H2,1-6H3. The minimum Gasteiger partial charge on any atom is -0.311 e. The quantitative estimate of drug-likeness (QED) is 0.411. The van der Waals surface area contributed by atoms with Gasteiger partial charge in [0.15, 0.2) is 0 Å². The maximum atomic E-state index is 2.34. The first kappa shape index (κ1) is 21.2. The van der Waals surface area contributed by atoms with E-state index in [1.165, 1.54) is 41.0 Å². The van der Waals surface area contributed by atoms with Crippen LogP contribution in [0.5, 0.6) is 0 Å². The van der Waals surface area contributed by atoms with Crippen molar-refractivity contribution in [1.29, 1.82) is 0 Å². The summed E-state index contributed by atoms with van der Waals surface area (Å²) in [6, 6.07) is 28.7. The van der Waals surface area contributed by atoms with Gasteiger partial charge in [0.25, 0.3) is 0 Å². The van der Waals surface area contributed by atoms with Gasteiger partial charge in [-0.25, -0.2) is 0 Å². The number of anilines is 3. The van der Waals surface area contributed by atoms with Crippen LogP contribution >= 0.6 is 0 Å². The molecule has 152 valence electrons. The molecule has 29 heavy (non-hydrogen) atoms. The lowest BCUT2D eigenvalue weighted by Gasteiger charge is -2.29. The van der Waals surface area contributed by atoms with E-state index in [2.05, 4.69) is 125 Å². The summed E-state index contributed by atoms with van der Waals surface area (Å²) in [5.41, 5.74) is 6.67. The molecular formula is C28H35N. The molecule has 1 heteroatoms. The maximum absolute atomic E-state index is 2.34. The van der Waals surface area contributed by atoms with Crippen molar-refractivity contribution in [1.82, 2.24) is 0 Å². The highest BCUT2D eigenvalue weighted by Crippen LogP contribution is 2.37. The molecule has 0 spiro atoms. The van der Waals surface area contributed by atoms with Crippen molar-refractivity contribution in [2.45, 2.75) is 65.2 Å². The van der Waals surface area contributed by atoms with Crippen LogP contribution in [0.4, 0.5) is 17.1 Å². The molecule has 1 nitrogen and oxygen atoms in total. The average molecular weight is 386 g/mol. The highest BCUT2D eigenvalue weighted by Gasteiger charge is 2.20. The van der Waals surface area contributed by atoms with Gasteiger partial charge in [0, 0.05) is 17.1 Å². The molecule has 0 atom stereocenters. The van der Waals surface area contributed by atoms with Crippen molar-refractivity contribution in [2.24, 2.45) is 0 Å². The van der Waals surface area contributed by atoms with E-state index >= 15 is 0 Å². The fourth-order valence-electron chi connectivity index (χ4n) is 3.97. The Kier molecular flexibility index (Phi) is 6.17. The van der Waals surface area contributed by atoms with E-state index in [4.69, 9.17) is 0 Å². The van der Waals surface area contributed by atoms with Crippen LogP contribution in [0.25, 0.3) is 0 Å². The molecule has 0 fully saturated rings. The van der Waals surface area contributed by atoms with Crippen LogP contribution in [0.15, 0.2) is 78.9 Å². The number of hydrogen-bond acceptors (Lipinski definition) is 1. The van der Waals surface area contributed by atoms with Crippen LogP contribution in [-0.2, 0) is 10.8 Å². The predicted octanol–water partition coefficient (Wildman–Crippen LogP) is 8.53. The molecule has 3 aromatic carbocycles. The van der Waals surface area contributed by atoms with Crippen molar-refractivity contribution in [2.75, 3.05) is 4.90 Å². The van der Waals surface area contributed by atoms with E-state index in [1.54, 1.807) is 0 Å². The fourth-order valence-corrected chi connectivity index (χ4v) is 3.97. The Morgan fingerprint density at radius 3 is 1.48 bits per heavy atom. The normalized spacial score (nSPS) is 12.1. The minimum absolute atomic E-state index is 0.155. The molecule has 3 rings (SSSR count). The summed E-state index contributed by atoms with van der Waals surface area (Å²) >= 11 is 0. The van der Waals surface area contributed by atoms with Crippen LogP contribution in [0.2, 0.25) is 0 Å². The van der Waals surface area contributed by atoms with Gasteiger partial charge < -0.3 is 4.90 Å². The zero-order valence-electron chi connectivity index (χ0n) is 18.9. The average Bonchev–Trinajstić information content (AvgIpc) is 2.69. The monoisotopic (exact) mass is 385 g/mol. The number of benzene rings is 3. The van der Waals surface area contributed by atoms with Gasteiger partial charge in [0.05, 0.1) is 0 Å². The second-order valence-corrected chi connectivity index (χ2v) is 9.65. The van der Waals surface area contributed by atoms with Crippen LogP contribution in [0.3, 0.4) is 0 Å². The molecule has 0 radical (unpaired) electrons. The number of nitrogens with zero attached hydrogens (tertiary/aromatic N) is 1. The minimum atomic E-state index is 0.155. The van der Waals surface area contributed by atoms with Gasteiger partial charge in [-0.3, -0.25) is 0 Å². The third-order valence-electron chi connectivity index (χ3n) is 5.79. The van der Waals surface area contributed by atoms with Gasteiger partial charge in [-0.15, -0.1) is 0 Å². The lowest BCUT2D eigenvalue weighted by Crippen LogP contribution is -2.17. The Balaban J connectivity index is 2.01.